The van der Waals surface area contributed by atoms with Crippen LogP contribution in [-0.4, -0.2) is 37.1 Å². The van der Waals surface area contributed by atoms with Crippen molar-refractivity contribution in [2.45, 2.75) is 26.8 Å². The number of fused-ring (bicyclic) bond motifs is 1. The van der Waals surface area contributed by atoms with E-state index < -0.39 is 0 Å². The lowest BCUT2D eigenvalue weighted by atomic mass is 9.95. The topological polar surface area (TPSA) is 63.9 Å². The minimum absolute atomic E-state index is 0.165. The molecule has 7 heteroatoms. The van der Waals surface area contributed by atoms with Crippen LogP contribution >= 0.6 is 11.6 Å². The highest BCUT2D eigenvalue weighted by Crippen LogP contribution is 2.26. The molecule has 0 saturated carbocycles. The fourth-order valence-corrected chi connectivity index (χ4v) is 2.90. The van der Waals surface area contributed by atoms with Gasteiger partial charge in [0.15, 0.2) is 11.5 Å². The van der Waals surface area contributed by atoms with E-state index in [4.69, 9.17) is 11.6 Å². The van der Waals surface area contributed by atoms with E-state index in [-0.39, 0.29) is 5.91 Å². The normalized spacial score (nSPS) is 19.2. The Bertz CT molecular complexity index is 696. The van der Waals surface area contributed by atoms with Crippen molar-refractivity contribution >= 4 is 28.5 Å². The molecule has 2 aromatic heterocycles. The van der Waals surface area contributed by atoms with Gasteiger partial charge in [-0.25, -0.2) is 9.97 Å². The van der Waals surface area contributed by atoms with Gasteiger partial charge in [-0.15, -0.1) is 0 Å². The summed E-state index contributed by atoms with van der Waals surface area (Å²) in [5, 5.41) is 5.25. The first-order valence-corrected chi connectivity index (χ1v) is 7.45. The average Bonchev–Trinajstić information content (AvgIpc) is 2.96. The Hall–Kier alpha value is -1.69. The molecule has 1 amide bonds. The molecule has 1 fully saturated rings. The fraction of sp³-hybridized carbons (Fsp3) is 0.571. The Labute approximate surface area is 128 Å². The van der Waals surface area contributed by atoms with Crippen molar-refractivity contribution in [1.82, 2.24) is 24.6 Å². The van der Waals surface area contributed by atoms with Crippen LogP contribution < -0.4 is 0 Å². The predicted octanol–water partition coefficient (Wildman–Crippen LogP) is 2.02. The summed E-state index contributed by atoms with van der Waals surface area (Å²) in [7, 11) is 1.81. The van der Waals surface area contributed by atoms with Crippen molar-refractivity contribution in [2.24, 2.45) is 18.9 Å². The maximum absolute atomic E-state index is 12.1. The molecule has 2 aromatic rings. The molecule has 0 aliphatic carbocycles. The molecule has 0 bridgehead atoms. The molecule has 1 aliphatic rings. The number of carbonyl (C=O) groups is 1. The first kappa shape index (κ1) is 14.3. The Morgan fingerprint density at radius 2 is 2.19 bits per heavy atom. The number of carbonyl (C=O) groups excluding carboxylic acids is 1. The van der Waals surface area contributed by atoms with E-state index in [1.54, 1.807) is 10.9 Å². The van der Waals surface area contributed by atoms with Crippen LogP contribution in [-0.2, 0) is 18.4 Å². The lowest BCUT2D eigenvalue weighted by Gasteiger charge is -2.17. The van der Waals surface area contributed by atoms with Gasteiger partial charge in [-0.05, 0) is 11.8 Å². The molecule has 1 unspecified atom stereocenters. The molecule has 1 aliphatic heterocycles. The van der Waals surface area contributed by atoms with Crippen LogP contribution in [0.5, 0.6) is 0 Å². The number of likely N-dealkylation sites (tertiary alicyclic amines) is 1. The number of amides is 1. The number of nitrogens with zero attached hydrogens (tertiary/aromatic N) is 5. The standard InChI is InChI=1S/C14H18ClN5O/c1-8(2)9-4-12(21)20(6-9)7-11-17-13(15)10-5-16-19(3)14(10)18-11/h5,8-9H,4,6-7H2,1-3H3. The molecular weight excluding hydrogens is 290 g/mol. The van der Waals surface area contributed by atoms with Gasteiger partial charge >= 0.3 is 0 Å². The molecule has 0 spiro atoms. The van der Waals surface area contributed by atoms with E-state index in [1.165, 1.54) is 0 Å². The van der Waals surface area contributed by atoms with Crippen LogP contribution in [0.25, 0.3) is 11.0 Å². The molecular formula is C14H18ClN5O. The summed E-state index contributed by atoms with van der Waals surface area (Å²) in [5.74, 6) is 1.64. The summed E-state index contributed by atoms with van der Waals surface area (Å²) in [6.45, 7) is 5.47. The zero-order valence-electron chi connectivity index (χ0n) is 12.4. The number of aromatic nitrogens is 4. The molecule has 1 saturated heterocycles. The van der Waals surface area contributed by atoms with E-state index in [9.17, 15) is 4.79 Å². The number of hydrogen-bond donors (Lipinski definition) is 0. The quantitative estimate of drug-likeness (QED) is 0.814. The summed E-state index contributed by atoms with van der Waals surface area (Å²) in [6.07, 6.45) is 2.26. The zero-order chi connectivity index (χ0) is 15.1. The summed E-state index contributed by atoms with van der Waals surface area (Å²) in [6, 6.07) is 0. The molecule has 112 valence electrons. The third-order valence-corrected chi connectivity index (χ3v) is 4.40. The average molecular weight is 308 g/mol. The highest BCUT2D eigenvalue weighted by Gasteiger charge is 2.31. The number of halogens is 1. The SMILES string of the molecule is CC(C)C1CC(=O)N(Cc2nc(Cl)c3cnn(C)c3n2)C1. The number of rotatable bonds is 3. The number of hydrogen-bond acceptors (Lipinski definition) is 4. The second-order valence-electron chi connectivity index (χ2n) is 5.92. The van der Waals surface area contributed by atoms with Crippen LogP contribution in [0, 0.1) is 11.8 Å². The summed E-state index contributed by atoms with van der Waals surface area (Å²) >= 11 is 6.17. The Kier molecular flexibility index (Phi) is 3.57. The van der Waals surface area contributed by atoms with E-state index in [1.807, 2.05) is 11.9 Å². The van der Waals surface area contributed by atoms with Gasteiger partial charge in [-0.1, -0.05) is 25.4 Å². The molecule has 3 heterocycles. The van der Waals surface area contributed by atoms with Crippen LogP contribution in [0.2, 0.25) is 5.15 Å². The first-order chi connectivity index (χ1) is 9.95. The molecule has 0 radical (unpaired) electrons. The Morgan fingerprint density at radius 1 is 1.43 bits per heavy atom. The highest BCUT2D eigenvalue weighted by atomic mass is 35.5. The smallest absolute Gasteiger partial charge is 0.223 e. The molecule has 1 atom stereocenters. The van der Waals surface area contributed by atoms with Crippen LogP contribution in [0.4, 0.5) is 0 Å². The molecule has 21 heavy (non-hydrogen) atoms. The zero-order valence-corrected chi connectivity index (χ0v) is 13.1. The van der Waals surface area contributed by atoms with Crippen molar-refractivity contribution in [2.75, 3.05) is 6.54 Å². The van der Waals surface area contributed by atoms with Gasteiger partial charge in [0.1, 0.15) is 5.15 Å². The third-order valence-electron chi connectivity index (χ3n) is 4.11. The van der Waals surface area contributed by atoms with Gasteiger partial charge in [0.05, 0.1) is 18.1 Å². The minimum atomic E-state index is 0.165. The lowest BCUT2D eigenvalue weighted by molar-refractivity contribution is -0.128. The monoisotopic (exact) mass is 307 g/mol. The van der Waals surface area contributed by atoms with E-state index in [0.29, 0.717) is 41.4 Å². The van der Waals surface area contributed by atoms with Crippen LogP contribution in [0.3, 0.4) is 0 Å². The van der Waals surface area contributed by atoms with Crippen LogP contribution in [0.1, 0.15) is 26.1 Å². The predicted molar refractivity (Wildman–Crippen MR) is 79.7 cm³/mol. The van der Waals surface area contributed by atoms with Gasteiger partial charge in [-0.3, -0.25) is 9.48 Å². The van der Waals surface area contributed by atoms with Gasteiger partial charge in [0, 0.05) is 20.0 Å². The van der Waals surface area contributed by atoms with Gasteiger partial charge < -0.3 is 4.90 Å². The highest BCUT2D eigenvalue weighted by molar-refractivity contribution is 6.33. The Balaban J connectivity index is 1.85. The van der Waals surface area contributed by atoms with E-state index in [2.05, 4.69) is 28.9 Å². The van der Waals surface area contributed by atoms with E-state index >= 15 is 0 Å². The van der Waals surface area contributed by atoms with Crippen molar-refractivity contribution in [3.05, 3.63) is 17.2 Å². The van der Waals surface area contributed by atoms with Gasteiger partial charge in [-0.2, -0.15) is 5.10 Å². The maximum Gasteiger partial charge on any atom is 0.223 e. The summed E-state index contributed by atoms with van der Waals surface area (Å²) < 4.78 is 1.66. The second kappa shape index (κ2) is 5.26. The molecule has 0 aromatic carbocycles. The van der Waals surface area contributed by atoms with Crippen molar-refractivity contribution in [1.29, 1.82) is 0 Å². The summed E-state index contributed by atoms with van der Waals surface area (Å²) in [4.78, 5) is 22.7. The van der Waals surface area contributed by atoms with Crippen molar-refractivity contribution in [3.63, 3.8) is 0 Å². The minimum Gasteiger partial charge on any atom is -0.335 e. The van der Waals surface area contributed by atoms with E-state index in [0.717, 1.165) is 11.9 Å². The third kappa shape index (κ3) is 2.60. The largest absolute Gasteiger partial charge is 0.335 e. The molecule has 6 nitrogen and oxygen atoms in total. The second-order valence-corrected chi connectivity index (χ2v) is 6.28. The number of aryl methyl sites for hydroxylation is 1. The van der Waals surface area contributed by atoms with Crippen molar-refractivity contribution < 1.29 is 4.79 Å². The van der Waals surface area contributed by atoms with Gasteiger partial charge in [0.25, 0.3) is 0 Å². The van der Waals surface area contributed by atoms with Crippen molar-refractivity contribution in [3.8, 4) is 0 Å². The summed E-state index contributed by atoms with van der Waals surface area (Å²) in [5.41, 5.74) is 0.692. The Morgan fingerprint density at radius 3 is 2.86 bits per heavy atom. The molecule has 0 N–H and O–H groups in total. The van der Waals surface area contributed by atoms with Crippen LogP contribution in [0.15, 0.2) is 6.20 Å². The first-order valence-electron chi connectivity index (χ1n) is 7.07. The lowest BCUT2D eigenvalue weighted by Crippen LogP contribution is -2.26. The molecule has 3 rings (SSSR count). The van der Waals surface area contributed by atoms with Gasteiger partial charge in [0.2, 0.25) is 5.91 Å². The maximum atomic E-state index is 12.1. The fourth-order valence-electron chi connectivity index (χ4n) is 2.67.